The summed E-state index contributed by atoms with van der Waals surface area (Å²) in [4.78, 5) is 2.06. The second-order valence-electron chi connectivity index (χ2n) is 2.83. The average molecular weight is 343 g/mol. The quantitative estimate of drug-likeness (QED) is 0.174. The van der Waals surface area contributed by atoms with Crippen molar-refractivity contribution in [1.29, 1.82) is 0 Å². The Morgan fingerprint density at radius 3 is 0.818 bits per heavy atom. The van der Waals surface area contributed by atoms with E-state index in [0.717, 1.165) is 13.1 Å². The predicted octanol–water partition coefficient (Wildman–Crippen LogP) is -4.79. The van der Waals surface area contributed by atoms with Crippen molar-refractivity contribution in [3.8, 4) is 0 Å². The van der Waals surface area contributed by atoms with Gasteiger partial charge >= 0.3 is 29.6 Å². The Hall–Kier alpha value is -0.420. The molecule has 0 unspecified atom stereocenters. The topological polar surface area (TPSA) is 191 Å². The van der Waals surface area contributed by atoms with Crippen LogP contribution in [-0.4, -0.2) is 102 Å². The van der Waals surface area contributed by atoms with Crippen LogP contribution >= 0.6 is 0 Å². The first kappa shape index (κ1) is 33.2. The predicted molar refractivity (Wildman–Crippen MR) is 72.8 cm³/mol. The van der Waals surface area contributed by atoms with E-state index >= 15 is 0 Å². The van der Waals surface area contributed by atoms with E-state index < -0.39 is 29.6 Å². The monoisotopic (exact) mass is 344 g/mol. The molecule has 0 aromatic carbocycles. The molecular formula is C4H20B4F4N2O8. The van der Waals surface area contributed by atoms with E-state index in [1.807, 2.05) is 14.1 Å². The fraction of sp³-hybridized carbons (Fsp3) is 1.00. The first-order valence-corrected chi connectivity index (χ1v) is 5.06. The Morgan fingerprint density at radius 2 is 0.818 bits per heavy atom. The van der Waals surface area contributed by atoms with Crippen LogP contribution in [0.1, 0.15) is 0 Å². The highest BCUT2D eigenvalue weighted by Crippen LogP contribution is 1.64. The maximum absolute atomic E-state index is 10.1. The number of rotatable bonds is 2. The molecule has 0 saturated heterocycles. The Morgan fingerprint density at radius 1 is 0.682 bits per heavy atom. The number of halogens is 4. The van der Waals surface area contributed by atoms with Crippen molar-refractivity contribution in [3.63, 3.8) is 0 Å². The van der Waals surface area contributed by atoms with Crippen molar-refractivity contribution in [3.05, 3.63) is 0 Å². The van der Waals surface area contributed by atoms with Crippen LogP contribution in [0, 0.1) is 0 Å². The third-order valence-electron chi connectivity index (χ3n) is 0.576. The molecule has 10 nitrogen and oxygen atoms in total. The lowest BCUT2D eigenvalue weighted by Crippen LogP contribution is -2.20. The summed E-state index contributed by atoms with van der Waals surface area (Å²) in [6, 6.07) is 0. The van der Waals surface area contributed by atoms with Gasteiger partial charge in [-0.3, -0.25) is 17.3 Å². The van der Waals surface area contributed by atoms with Gasteiger partial charge < -0.3 is 50.8 Å². The van der Waals surface area contributed by atoms with Crippen LogP contribution in [0.15, 0.2) is 0 Å². The smallest absolute Gasteiger partial charge is 0.398 e. The first-order chi connectivity index (χ1) is 9.70. The highest BCUT2D eigenvalue weighted by molar-refractivity contribution is 6.32. The van der Waals surface area contributed by atoms with Crippen LogP contribution in [0.4, 0.5) is 17.3 Å². The number of hydrogen-bond donors (Lipinski definition) is 9. The van der Waals surface area contributed by atoms with Gasteiger partial charge in [-0.2, -0.15) is 0 Å². The first-order valence-electron chi connectivity index (χ1n) is 5.06. The molecule has 0 spiro atoms. The van der Waals surface area contributed by atoms with Crippen LogP contribution in [-0.2, 0) is 0 Å². The van der Waals surface area contributed by atoms with Crippen LogP contribution < -0.4 is 5.73 Å². The zero-order chi connectivity index (χ0) is 19.3. The lowest BCUT2D eigenvalue weighted by atomic mass is 10.3. The molecule has 0 saturated carbocycles. The van der Waals surface area contributed by atoms with Crippen molar-refractivity contribution in [1.82, 2.24) is 4.90 Å². The molecule has 0 atom stereocenters. The molecule has 0 radical (unpaired) electrons. The molecule has 0 aromatic rings. The highest BCUT2D eigenvalue weighted by atomic mass is 19.1. The van der Waals surface area contributed by atoms with Gasteiger partial charge in [0.05, 0.1) is 0 Å². The summed E-state index contributed by atoms with van der Waals surface area (Å²) < 4.78 is 40.4. The van der Waals surface area contributed by atoms with Crippen molar-refractivity contribution < 1.29 is 57.5 Å². The van der Waals surface area contributed by atoms with Crippen LogP contribution in [0.5, 0.6) is 0 Å². The standard InChI is InChI=1S/C4H12N2.4BFH2O2/c1-6(2)4-3-5;4*2-1(3)4/h3-5H2,1-2H3;4*3-4H. The summed E-state index contributed by atoms with van der Waals surface area (Å²) in [7, 11) is -6.65. The van der Waals surface area contributed by atoms with Crippen molar-refractivity contribution in [2.24, 2.45) is 5.73 Å². The second kappa shape index (κ2) is 28.7. The lowest BCUT2D eigenvalue weighted by Gasteiger charge is -2.03. The Bertz CT molecular complexity index is 142. The van der Waals surface area contributed by atoms with Gasteiger partial charge in [0.2, 0.25) is 0 Å². The van der Waals surface area contributed by atoms with Gasteiger partial charge in [0.25, 0.3) is 0 Å². The van der Waals surface area contributed by atoms with E-state index in [0.29, 0.717) is 0 Å². The molecule has 0 aliphatic carbocycles. The van der Waals surface area contributed by atoms with Gasteiger partial charge in [0, 0.05) is 13.1 Å². The Kier molecular flexibility index (Phi) is 43.4. The third kappa shape index (κ3) is 1020. The summed E-state index contributed by atoms with van der Waals surface area (Å²) in [6.07, 6.45) is 0. The summed E-state index contributed by atoms with van der Waals surface area (Å²) >= 11 is 0. The summed E-state index contributed by atoms with van der Waals surface area (Å²) in [6.45, 7) is 1.74. The van der Waals surface area contributed by atoms with E-state index in [1.165, 1.54) is 0 Å². The van der Waals surface area contributed by atoms with E-state index in [9.17, 15) is 17.3 Å². The normalized spacial score (nSPS) is 7.64. The van der Waals surface area contributed by atoms with E-state index in [-0.39, 0.29) is 0 Å². The molecule has 18 heteroatoms. The molecule has 0 fully saturated rings. The minimum atomic E-state index is -2.67. The van der Waals surface area contributed by atoms with Gasteiger partial charge in [0.1, 0.15) is 0 Å². The lowest BCUT2D eigenvalue weighted by molar-refractivity contribution is 0.338. The number of nitrogens with two attached hydrogens (primary N) is 1. The van der Waals surface area contributed by atoms with Crippen molar-refractivity contribution >= 4 is 29.6 Å². The number of hydrogen-bond acceptors (Lipinski definition) is 10. The molecule has 0 aliphatic rings. The zero-order valence-corrected chi connectivity index (χ0v) is 11.8. The molecule has 10 N–H and O–H groups in total. The van der Waals surface area contributed by atoms with Gasteiger partial charge in [-0.25, -0.2) is 0 Å². The van der Waals surface area contributed by atoms with Crippen LogP contribution in [0.2, 0.25) is 0 Å². The largest absolute Gasteiger partial charge is 0.674 e. The summed E-state index contributed by atoms with van der Waals surface area (Å²) in [5.74, 6) is 0. The fourth-order valence-electron chi connectivity index (χ4n) is 0.258. The highest BCUT2D eigenvalue weighted by Gasteiger charge is 1.98. The molecule has 0 heterocycles. The van der Waals surface area contributed by atoms with Crippen LogP contribution in [0.3, 0.4) is 0 Å². The van der Waals surface area contributed by atoms with Crippen molar-refractivity contribution in [2.45, 2.75) is 0 Å². The molecule has 22 heavy (non-hydrogen) atoms. The molecule has 134 valence electrons. The van der Waals surface area contributed by atoms with E-state index in [1.54, 1.807) is 0 Å². The van der Waals surface area contributed by atoms with Crippen molar-refractivity contribution in [2.75, 3.05) is 27.2 Å². The third-order valence-corrected chi connectivity index (χ3v) is 0.576. The van der Waals surface area contributed by atoms with Gasteiger partial charge in [-0.1, -0.05) is 0 Å². The van der Waals surface area contributed by atoms with E-state index in [2.05, 4.69) is 4.90 Å². The Labute approximate surface area is 126 Å². The number of nitrogens with zero attached hydrogens (tertiary/aromatic N) is 1. The minimum absolute atomic E-state index is 0.757. The summed E-state index contributed by atoms with van der Waals surface area (Å²) in [5.41, 5.74) is 5.19. The molecule has 0 aromatic heterocycles. The molecule has 0 bridgehead atoms. The van der Waals surface area contributed by atoms with E-state index in [4.69, 9.17) is 45.9 Å². The number of likely N-dealkylation sites (N-methyl/N-ethyl adjacent to an activating group) is 1. The molecular weight excluding hydrogens is 323 g/mol. The molecule has 0 aliphatic heterocycles. The van der Waals surface area contributed by atoms with Gasteiger partial charge in [-0.05, 0) is 14.1 Å². The van der Waals surface area contributed by atoms with Crippen LogP contribution in [0.25, 0.3) is 0 Å². The van der Waals surface area contributed by atoms with Gasteiger partial charge in [0.15, 0.2) is 0 Å². The summed E-state index contributed by atoms with van der Waals surface area (Å²) in [5, 5.41) is 55.6. The van der Waals surface area contributed by atoms with Gasteiger partial charge in [-0.15, -0.1) is 0 Å². The second-order valence-corrected chi connectivity index (χ2v) is 2.83. The minimum Gasteiger partial charge on any atom is -0.398 e. The molecule has 0 rings (SSSR count). The maximum atomic E-state index is 10.1. The zero-order valence-electron chi connectivity index (χ0n) is 11.8. The fourth-order valence-corrected chi connectivity index (χ4v) is 0.258. The maximum Gasteiger partial charge on any atom is 0.674 e. The Balaban J connectivity index is -0.0000000555. The SMILES string of the molecule is CN(C)CCN.OB(O)F.OB(O)F.OB(O)F.OB(O)F. The average Bonchev–Trinajstić information content (AvgIpc) is 2.12. The molecule has 0 amide bonds.